The van der Waals surface area contributed by atoms with Crippen molar-refractivity contribution >= 4 is 58.1 Å². The zero-order valence-electron chi connectivity index (χ0n) is 14.5. The van der Waals surface area contributed by atoms with Crippen LogP contribution in [0.5, 0.6) is 5.75 Å². The highest BCUT2D eigenvalue weighted by atomic mass is 35.5. The number of rotatable bonds is 6. The Morgan fingerprint density at radius 3 is 2.43 bits per heavy atom. The van der Waals surface area contributed by atoms with Crippen LogP contribution in [0.2, 0.25) is 15.1 Å². The van der Waals surface area contributed by atoms with Crippen molar-refractivity contribution in [1.82, 2.24) is 0 Å². The second-order valence-corrected chi connectivity index (χ2v) is 6.63. The molecule has 148 valence electrons. The quantitative estimate of drug-likeness (QED) is 0.298. The predicted molar refractivity (Wildman–Crippen MR) is 105 cm³/mol. The van der Waals surface area contributed by atoms with Crippen LogP contribution in [0.25, 0.3) is 0 Å². The predicted octanol–water partition coefficient (Wildman–Crippen LogP) is 4.67. The van der Waals surface area contributed by atoms with Gasteiger partial charge in [0.05, 0.1) is 32.7 Å². The van der Waals surface area contributed by atoms with Gasteiger partial charge in [-0.1, -0.05) is 34.8 Å². The molecule has 0 aromatic heterocycles. The lowest BCUT2D eigenvalue weighted by atomic mass is 10.1. The number of nitro groups is 1. The summed E-state index contributed by atoms with van der Waals surface area (Å²) in [5, 5.41) is 13.5. The number of carbonyl (C=O) groups excluding carboxylic acids is 2. The van der Waals surface area contributed by atoms with Gasteiger partial charge in [-0.05, 0) is 24.6 Å². The van der Waals surface area contributed by atoms with Gasteiger partial charge in [0.1, 0.15) is 0 Å². The molecule has 2 rings (SSSR count). The smallest absolute Gasteiger partial charge is 0.341 e. The molecule has 0 aliphatic heterocycles. The van der Waals surface area contributed by atoms with Gasteiger partial charge in [0, 0.05) is 17.8 Å². The van der Waals surface area contributed by atoms with Gasteiger partial charge < -0.3 is 14.8 Å². The van der Waals surface area contributed by atoms with Crippen molar-refractivity contribution in [3.8, 4) is 5.75 Å². The summed E-state index contributed by atoms with van der Waals surface area (Å²) >= 11 is 17.7. The number of nitro benzene ring substituents is 1. The molecule has 0 radical (unpaired) electrons. The summed E-state index contributed by atoms with van der Waals surface area (Å²) in [5.41, 5.74) is 0.293. The van der Waals surface area contributed by atoms with E-state index in [1.54, 1.807) is 6.92 Å². The highest BCUT2D eigenvalue weighted by Crippen LogP contribution is 2.33. The Balaban J connectivity index is 2.10. The van der Waals surface area contributed by atoms with Gasteiger partial charge in [0.2, 0.25) is 0 Å². The third-order valence-corrected chi connectivity index (χ3v) is 4.70. The Kier molecular flexibility index (Phi) is 7.06. The molecular formula is C17H13Cl3N2O6. The van der Waals surface area contributed by atoms with E-state index in [0.717, 1.165) is 0 Å². The summed E-state index contributed by atoms with van der Waals surface area (Å²) in [6.07, 6.45) is 0. The monoisotopic (exact) mass is 446 g/mol. The Labute approximate surface area is 174 Å². The molecule has 1 amide bonds. The number of halogens is 3. The van der Waals surface area contributed by atoms with Crippen LogP contribution in [0.3, 0.4) is 0 Å². The minimum atomic E-state index is -0.925. The number of carbonyl (C=O) groups is 2. The molecule has 0 heterocycles. The summed E-state index contributed by atoms with van der Waals surface area (Å²) < 4.78 is 9.88. The molecule has 2 aromatic carbocycles. The van der Waals surface area contributed by atoms with Crippen LogP contribution in [0.1, 0.15) is 15.9 Å². The number of nitrogens with one attached hydrogen (secondary N) is 1. The van der Waals surface area contributed by atoms with Gasteiger partial charge in [0.25, 0.3) is 5.91 Å². The third kappa shape index (κ3) is 4.83. The minimum absolute atomic E-state index is 0.0238. The van der Waals surface area contributed by atoms with Crippen LogP contribution in [-0.2, 0) is 9.53 Å². The van der Waals surface area contributed by atoms with Crippen LogP contribution in [0, 0.1) is 17.0 Å². The lowest BCUT2D eigenvalue weighted by Gasteiger charge is -2.12. The first-order chi connectivity index (χ1) is 13.1. The van der Waals surface area contributed by atoms with E-state index in [2.05, 4.69) is 5.32 Å². The zero-order chi connectivity index (χ0) is 21.0. The molecule has 0 bridgehead atoms. The zero-order valence-corrected chi connectivity index (χ0v) is 16.8. The van der Waals surface area contributed by atoms with Crippen molar-refractivity contribution in [2.45, 2.75) is 6.92 Å². The first-order valence-electron chi connectivity index (χ1n) is 7.59. The Morgan fingerprint density at radius 1 is 1.18 bits per heavy atom. The number of amides is 1. The lowest BCUT2D eigenvalue weighted by Crippen LogP contribution is -2.21. The van der Waals surface area contributed by atoms with Gasteiger partial charge in [-0.15, -0.1) is 0 Å². The maximum Gasteiger partial charge on any atom is 0.341 e. The molecule has 0 unspecified atom stereocenters. The van der Waals surface area contributed by atoms with Gasteiger partial charge >= 0.3 is 11.7 Å². The van der Waals surface area contributed by atoms with Crippen molar-refractivity contribution < 1.29 is 24.0 Å². The van der Waals surface area contributed by atoms with E-state index < -0.39 is 23.4 Å². The van der Waals surface area contributed by atoms with Crippen LogP contribution < -0.4 is 10.1 Å². The molecule has 0 saturated carbocycles. The Bertz CT molecular complexity index is 964. The molecule has 0 saturated heterocycles. The van der Waals surface area contributed by atoms with Crippen LogP contribution in [0.15, 0.2) is 24.3 Å². The van der Waals surface area contributed by atoms with E-state index in [1.165, 1.54) is 31.4 Å². The highest BCUT2D eigenvalue weighted by molar-refractivity contribution is 6.46. The average Bonchev–Trinajstić information content (AvgIpc) is 2.64. The number of benzene rings is 2. The fourth-order valence-corrected chi connectivity index (χ4v) is 2.90. The van der Waals surface area contributed by atoms with Crippen molar-refractivity contribution in [3.05, 3.63) is 60.6 Å². The first kappa shape index (κ1) is 21.7. The maximum absolute atomic E-state index is 12.2. The number of ether oxygens (including phenoxy) is 2. The van der Waals surface area contributed by atoms with Crippen LogP contribution in [-0.4, -0.2) is 30.5 Å². The lowest BCUT2D eigenvalue weighted by molar-refractivity contribution is -0.385. The molecule has 0 fully saturated rings. The molecule has 2 aromatic rings. The van der Waals surface area contributed by atoms with Gasteiger partial charge in [-0.2, -0.15) is 0 Å². The first-order valence-corrected chi connectivity index (χ1v) is 8.72. The summed E-state index contributed by atoms with van der Waals surface area (Å²) in [7, 11) is 1.27. The number of anilines is 1. The Morgan fingerprint density at radius 2 is 1.82 bits per heavy atom. The molecule has 0 spiro atoms. The Hall–Kier alpha value is -2.55. The number of esters is 1. The van der Waals surface area contributed by atoms with Crippen LogP contribution in [0.4, 0.5) is 11.4 Å². The van der Waals surface area contributed by atoms with Gasteiger partial charge in [-0.25, -0.2) is 4.79 Å². The molecule has 0 atom stereocenters. The molecule has 0 aliphatic carbocycles. The number of hydrogen-bond donors (Lipinski definition) is 1. The van der Waals surface area contributed by atoms with Gasteiger partial charge in [0.15, 0.2) is 12.4 Å². The average molecular weight is 448 g/mol. The van der Waals surface area contributed by atoms with Crippen molar-refractivity contribution in [2.24, 2.45) is 0 Å². The van der Waals surface area contributed by atoms with Crippen molar-refractivity contribution in [1.29, 1.82) is 0 Å². The number of hydrogen-bond acceptors (Lipinski definition) is 6. The van der Waals surface area contributed by atoms with Crippen molar-refractivity contribution in [3.63, 3.8) is 0 Å². The van der Waals surface area contributed by atoms with E-state index in [-0.39, 0.29) is 37.8 Å². The summed E-state index contributed by atoms with van der Waals surface area (Å²) in [6.45, 7) is 0.927. The summed E-state index contributed by atoms with van der Waals surface area (Å²) in [6, 6.07) is 5.35. The highest BCUT2D eigenvalue weighted by Gasteiger charge is 2.21. The normalized spacial score (nSPS) is 10.3. The molecule has 0 aliphatic rings. The second kappa shape index (κ2) is 9.09. The third-order valence-electron chi connectivity index (χ3n) is 3.58. The van der Waals surface area contributed by atoms with E-state index in [9.17, 15) is 19.7 Å². The van der Waals surface area contributed by atoms with Gasteiger partial charge in [-0.3, -0.25) is 14.9 Å². The van der Waals surface area contributed by atoms with E-state index in [4.69, 9.17) is 44.3 Å². The topological polar surface area (TPSA) is 108 Å². The van der Waals surface area contributed by atoms with Crippen LogP contribution >= 0.6 is 34.8 Å². The largest absolute Gasteiger partial charge is 0.490 e. The fraction of sp³-hybridized carbons (Fsp3) is 0.176. The summed E-state index contributed by atoms with van der Waals surface area (Å²) in [5.74, 6) is -1.63. The molecular weight excluding hydrogens is 435 g/mol. The minimum Gasteiger partial charge on any atom is -0.490 e. The van der Waals surface area contributed by atoms with E-state index in [1.807, 2.05) is 0 Å². The van der Waals surface area contributed by atoms with E-state index >= 15 is 0 Å². The standard InChI is InChI=1S/C17H13Cl3N2O6/c1-8-5-12(22(25)26)13(27-2)6-11(8)21-14(23)7-28-17(24)15-9(18)3-4-10(19)16(15)20/h3-6H,7H2,1-2H3,(H,21,23). The van der Waals surface area contributed by atoms with Crippen molar-refractivity contribution in [2.75, 3.05) is 19.0 Å². The maximum atomic E-state index is 12.2. The van der Waals surface area contributed by atoms with E-state index in [0.29, 0.717) is 5.56 Å². The molecule has 8 nitrogen and oxygen atoms in total. The SMILES string of the molecule is COc1cc(NC(=O)COC(=O)c2c(Cl)ccc(Cl)c2Cl)c(C)cc1[N+](=O)[O-]. The molecule has 11 heteroatoms. The number of methoxy groups -OCH3 is 1. The molecule has 28 heavy (non-hydrogen) atoms. The number of nitrogens with zero attached hydrogens (tertiary/aromatic N) is 1. The second-order valence-electron chi connectivity index (χ2n) is 5.44. The summed E-state index contributed by atoms with van der Waals surface area (Å²) in [4.78, 5) is 34.7. The number of aryl methyl sites for hydroxylation is 1. The fourth-order valence-electron chi connectivity index (χ4n) is 2.22. The molecule has 1 N–H and O–H groups in total.